The van der Waals surface area contributed by atoms with Crippen molar-refractivity contribution in [3.8, 4) is 0 Å². The first kappa shape index (κ1) is 125. The second kappa shape index (κ2) is 96.1. The molecule has 14 nitrogen and oxygen atoms in total. The van der Waals surface area contributed by atoms with Gasteiger partial charge in [-0.05, 0) is 165 Å². The molecular formula is C112H194CaO14S2. The van der Waals surface area contributed by atoms with Gasteiger partial charge in [0.25, 0.3) is 0 Å². The Morgan fingerprint density at radius 3 is 0.488 bits per heavy atom. The second-order valence-electron chi connectivity index (χ2n) is 37.1. The first-order chi connectivity index (χ1) is 62.6. The number of unbranched alkanes of at least 4 members (excludes halogenated alkanes) is 72. The summed E-state index contributed by atoms with van der Waals surface area (Å²) in [6.07, 6.45) is 119. The van der Waals surface area contributed by atoms with Gasteiger partial charge in [-0.25, -0.2) is 36.0 Å². The molecule has 0 amide bonds. The van der Waals surface area contributed by atoms with E-state index in [0.717, 1.165) is 101 Å². The molecule has 17 heteroatoms. The predicted octanol–water partition coefficient (Wildman–Crippen LogP) is 34.9. The van der Waals surface area contributed by atoms with Gasteiger partial charge in [0.1, 0.15) is 20.2 Å². The molecule has 0 radical (unpaired) electrons. The molecule has 0 saturated carbocycles. The SMILES string of the molecule is CCCCCCCCCC/C=C/CCCCCCCCCCCCOC(=O)c1ccc(S(=O)(=O)[O-])cc1C(=O)OCCCCCCCCCCCC/C=C/CCCCCCCCCC.CCCCCCCCCC/C=C/CCCCCCCCCCCCOC(=O)c1ccc(S(=O)(=O)[O-])cc1C(=O)OCCCCCCCCCCCC/C=C/CCCCCCCCCC.[Ca+2]. The van der Waals surface area contributed by atoms with Crippen LogP contribution in [0.15, 0.2) is 94.8 Å². The van der Waals surface area contributed by atoms with Crippen molar-refractivity contribution in [3.63, 3.8) is 0 Å². The zero-order chi connectivity index (χ0) is 92.9. The van der Waals surface area contributed by atoms with Gasteiger partial charge in [-0.3, -0.25) is 0 Å². The minimum absolute atomic E-state index is 0. The quantitative estimate of drug-likeness (QED) is 0.0150. The Kier molecular flexibility index (Phi) is 93.3. The number of hydrogen-bond acceptors (Lipinski definition) is 14. The molecule has 2 rings (SSSR count). The third kappa shape index (κ3) is 82.4. The van der Waals surface area contributed by atoms with Crippen molar-refractivity contribution in [2.45, 2.75) is 551 Å². The molecule has 0 aliphatic rings. The van der Waals surface area contributed by atoms with Crippen LogP contribution in [0, 0.1) is 0 Å². The number of ether oxygens (including phenoxy) is 4. The Labute approximate surface area is 824 Å². The molecule has 0 N–H and O–H groups in total. The Morgan fingerprint density at radius 2 is 0.341 bits per heavy atom. The molecule has 0 bridgehead atoms. The molecule has 0 heterocycles. The Balaban J connectivity index is 0.00000252. The van der Waals surface area contributed by atoms with Crippen LogP contribution in [0.5, 0.6) is 0 Å². The Morgan fingerprint density at radius 1 is 0.209 bits per heavy atom. The van der Waals surface area contributed by atoms with Crippen LogP contribution in [0.4, 0.5) is 0 Å². The normalized spacial score (nSPS) is 11.8. The number of carbonyl (C=O) groups is 4. The van der Waals surface area contributed by atoms with Crippen molar-refractivity contribution in [2.24, 2.45) is 0 Å². The van der Waals surface area contributed by atoms with Gasteiger partial charge < -0.3 is 28.1 Å². The summed E-state index contributed by atoms with van der Waals surface area (Å²) in [6.45, 7) is 9.82. The van der Waals surface area contributed by atoms with Crippen LogP contribution in [0.25, 0.3) is 0 Å². The molecule has 0 aromatic heterocycles. The van der Waals surface area contributed by atoms with Crippen molar-refractivity contribution in [3.05, 3.63) is 107 Å². The van der Waals surface area contributed by atoms with E-state index in [0.29, 0.717) is 25.7 Å². The summed E-state index contributed by atoms with van der Waals surface area (Å²) in [5.74, 6) is -3.08. The third-order valence-electron chi connectivity index (χ3n) is 25.0. The van der Waals surface area contributed by atoms with E-state index in [2.05, 4.69) is 76.3 Å². The molecule has 0 spiro atoms. The number of esters is 4. The van der Waals surface area contributed by atoms with Gasteiger partial charge >= 0.3 is 61.6 Å². The molecule has 0 saturated heterocycles. The summed E-state index contributed by atoms with van der Waals surface area (Å²) in [4.78, 5) is 50.8. The number of carbonyl (C=O) groups excluding carboxylic acids is 4. The van der Waals surface area contributed by atoms with Crippen LogP contribution in [-0.2, 0) is 39.2 Å². The maximum absolute atomic E-state index is 13.0. The number of rotatable bonds is 94. The molecule has 2 aromatic rings. The molecule has 2 aromatic carbocycles. The maximum atomic E-state index is 13.0. The van der Waals surface area contributed by atoms with E-state index in [1.165, 1.54) is 423 Å². The molecule has 740 valence electrons. The fraction of sp³-hybridized carbons (Fsp3) is 0.786. The van der Waals surface area contributed by atoms with E-state index in [4.69, 9.17) is 18.9 Å². The van der Waals surface area contributed by atoms with Gasteiger partial charge in [-0.15, -0.1) is 0 Å². The van der Waals surface area contributed by atoms with Crippen molar-refractivity contribution < 1.29 is 64.1 Å². The van der Waals surface area contributed by atoms with Crippen molar-refractivity contribution in [1.82, 2.24) is 0 Å². The van der Waals surface area contributed by atoms with Crippen LogP contribution in [-0.4, -0.2) is 114 Å². The minimum atomic E-state index is -4.82. The van der Waals surface area contributed by atoms with Crippen molar-refractivity contribution in [1.29, 1.82) is 0 Å². The predicted molar refractivity (Wildman–Crippen MR) is 544 cm³/mol. The van der Waals surface area contributed by atoms with Gasteiger partial charge in [0, 0.05) is 0 Å². The Hall–Kier alpha value is -3.64. The molecule has 0 fully saturated rings. The molecule has 0 unspecified atom stereocenters. The summed E-state index contributed by atoms with van der Waals surface area (Å²) in [5, 5.41) is 0. The fourth-order valence-corrected chi connectivity index (χ4v) is 17.7. The van der Waals surface area contributed by atoms with E-state index in [1.807, 2.05) is 0 Å². The summed E-state index contributed by atoms with van der Waals surface area (Å²) in [7, 11) is -9.65. The van der Waals surface area contributed by atoms with E-state index in [1.54, 1.807) is 0 Å². The van der Waals surface area contributed by atoms with Gasteiger partial charge in [-0.2, -0.15) is 0 Å². The topological polar surface area (TPSA) is 220 Å². The summed E-state index contributed by atoms with van der Waals surface area (Å²) in [6, 6.07) is 6.32. The Bertz CT molecular complexity index is 3020. The first-order valence-electron chi connectivity index (χ1n) is 54.1. The van der Waals surface area contributed by atoms with Crippen LogP contribution < -0.4 is 0 Å². The van der Waals surface area contributed by atoms with Crippen LogP contribution in [0.2, 0.25) is 0 Å². The van der Waals surface area contributed by atoms with E-state index >= 15 is 0 Å². The molecule has 0 aliphatic heterocycles. The van der Waals surface area contributed by atoms with E-state index < -0.39 is 53.9 Å². The van der Waals surface area contributed by atoms with Crippen LogP contribution in [0.3, 0.4) is 0 Å². The first-order valence-corrected chi connectivity index (χ1v) is 56.9. The molecule has 129 heavy (non-hydrogen) atoms. The summed E-state index contributed by atoms with van der Waals surface area (Å²) in [5.41, 5.74) is -0.667. The fourth-order valence-electron chi connectivity index (χ4n) is 16.7. The molecule has 0 atom stereocenters. The monoisotopic (exact) mass is 1870 g/mol. The number of allylic oxidation sites excluding steroid dienone is 8. The smallest absolute Gasteiger partial charge is 0.744 e. The zero-order valence-corrected chi connectivity index (χ0v) is 87.6. The van der Waals surface area contributed by atoms with E-state index in [-0.39, 0.29) is 86.4 Å². The van der Waals surface area contributed by atoms with Crippen molar-refractivity contribution in [2.75, 3.05) is 26.4 Å². The maximum Gasteiger partial charge on any atom is 2.00 e. The number of hydrogen-bond donors (Lipinski definition) is 0. The summed E-state index contributed by atoms with van der Waals surface area (Å²) < 4.78 is 92.1. The minimum Gasteiger partial charge on any atom is -0.744 e. The molecular weight excluding hydrogens is 1670 g/mol. The van der Waals surface area contributed by atoms with Crippen LogP contribution >= 0.6 is 0 Å². The average molecular weight is 1870 g/mol. The third-order valence-corrected chi connectivity index (χ3v) is 26.7. The zero-order valence-electron chi connectivity index (χ0n) is 83.7. The van der Waals surface area contributed by atoms with Crippen molar-refractivity contribution >= 4 is 81.9 Å². The van der Waals surface area contributed by atoms with Gasteiger partial charge in [0.15, 0.2) is 0 Å². The largest absolute Gasteiger partial charge is 2.00 e. The summed E-state index contributed by atoms with van der Waals surface area (Å²) >= 11 is 0. The average Bonchev–Trinajstić information content (AvgIpc) is 0.812. The second-order valence-corrected chi connectivity index (χ2v) is 39.9. The van der Waals surface area contributed by atoms with Gasteiger partial charge in [-0.1, -0.05) is 462 Å². The standard InChI is InChI=1S/2C56H98O7S.Ca/c2*1-3-5-7-9-11-13-15-17-19-21-23-25-27-29-31-33-35-37-39-41-43-45-49-62-55(57)53-48-47-52(64(59,60)61)51-54(53)56(58)63-50-46-44-42-40-38-36-34-32-30-28-26-24-22-20-18-16-14-12-10-8-6-4-2;/h2*21-24,47-48,51H,3-20,25-46,49-50H2,1-2H3,(H,59,60,61);/q;;+2/p-2/b2*23-21+,24-22+;. The van der Waals surface area contributed by atoms with E-state index in [9.17, 15) is 45.1 Å². The molecule has 0 aliphatic carbocycles. The number of benzene rings is 2. The van der Waals surface area contributed by atoms with Gasteiger partial charge in [0.2, 0.25) is 0 Å². The van der Waals surface area contributed by atoms with Crippen LogP contribution in [0.1, 0.15) is 583 Å². The van der Waals surface area contributed by atoms with Gasteiger partial charge in [0.05, 0.1) is 58.5 Å².